The van der Waals surface area contributed by atoms with E-state index >= 15 is 0 Å². The van der Waals surface area contributed by atoms with Crippen LogP contribution in [0.1, 0.15) is 56.9 Å². The molecular formula is C25H33ClFN7O3S. The van der Waals surface area contributed by atoms with Crippen molar-refractivity contribution in [3.05, 3.63) is 29.5 Å². The van der Waals surface area contributed by atoms with E-state index in [1.54, 1.807) is 33.0 Å². The molecule has 13 heteroatoms. The van der Waals surface area contributed by atoms with Gasteiger partial charge in [0.1, 0.15) is 28.6 Å². The van der Waals surface area contributed by atoms with Crippen molar-refractivity contribution in [2.75, 3.05) is 25.1 Å². The second-order valence-corrected chi connectivity index (χ2v) is 11.3. The van der Waals surface area contributed by atoms with Gasteiger partial charge in [-0.25, -0.2) is 23.7 Å². The highest BCUT2D eigenvalue weighted by Gasteiger charge is 2.31. The van der Waals surface area contributed by atoms with E-state index in [1.165, 1.54) is 26.7 Å². The van der Waals surface area contributed by atoms with E-state index in [-0.39, 0.29) is 30.4 Å². The smallest absolute Gasteiger partial charge is 0.407 e. The van der Waals surface area contributed by atoms with Crippen LogP contribution in [0.25, 0.3) is 16.2 Å². The molecular weight excluding hydrogens is 533 g/mol. The number of ether oxygens (including phenoxy) is 1. The predicted octanol–water partition coefficient (Wildman–Crippen LogP) is 4.56. The number of likely N-dealkylation sites (tertiary alicyclic amines) is 1. The lowest BCUT2D eigenvalue weighted by atomic mass is 10.0. The Kier molecular flexibility index (Phi) is 8.41. The molecule has 2 N–H and O–H groups in total. The molecule has 0 bridgehead atoms. The summed E-state index contributed by atoms with van der Waals surface area (Å²) in [6.45, 7) is 5.33. The highest BCUT2D eigenvalue weighted by atomic mass is 35.5. The first-order chi connectivity index (χ1) is 17.7. The van der Waals surface area contributed by atoms with E-state index in [0.717, 1.165) is 10.4 Å². The average Bonchev–Trinajstić information content (AvgIpc) is 3.49. The molecule has 206 valence electrons. The largest absolute Gasteiger partial charge is 0.441 e. The number of nitrogens with one attached hydrogen (secondary N) is 2. The van der Waals surface area contributed by atoms with Gasteiger partial charge in [0.05, 0.1) is 11.8 Å². The topological polar surface area (TPSA) is 114 Å². The number of amides is 2. The van der Waals surface area contributed by atoms with Crippen molar-refractivity contribution in [2.45, 2.75) is 64.1 Å². The van der Waals surface area contributed by atoms with Crippen LogP contribution < -0.4 is 10.6 Å². The number of fused-ring (bicyclic) bond motifs is 1. The standard InChI is InChI=1S/C25H32FN7O3S.ClH/c1-15(16-4-5-16)28-20-12-19(30-21(31-20)18-13-27-33-10-11-37-23(18)33)22(34)32-8-6-17(7-9-32)29-24(35)36-25(2,3)14-26;/h10-13,15-17H,4-9,14H2,1-3H3,(H,29,35)(H,28,30,31);1H/t15-;/m0./s1. The first-order valence-corrected chi connectivity index (χ1v) is 13.5. The average molecular weight is 566 g/mol. The van der Waals surface area contributed by atoms with Crippen molar-refractivity contribution < 1.29 is 18.7 Å². The van der Waals surface area contributed by atoms with Crippen LogP contribution in [0.3, 0.4) is 0 Å². The van der Waals surface area contributed by atoms with Crippen LogP contribution in [0.5, 0.6) is 0 Å². The zero-order valence-corrected chi connectivity index (χ0v) is 23.3. The SMILES string of the molecule is C[C@H](Nc1cc(C(=O)N2CCC(NC(=O)OC(C)(C)CF)CC2)nc(-c2cnn3ccsc23)n1)C1CC1.Cl. The van der Waals surface area contributed by atoms with Crippen molar-refractivity contribution in [3.8, 4) is 11.4 Å². The van der Waals surface area contributed by atoms with Crippen LogP contribution in [0.15, 0.2) is 23.8 Å². The Morgan fingerprint density at radius 3 is 2.66 bits per heavy atom. The fourth-order valence-corrected chi connectivity index (χ4v) is 5.23. The molecule has 1 atom stereocenters. The first-order valence-electron chi connectivity index (χ1n) is 12.6. The van der Waals surface area contributed by atoms with Gasteiger partial charge in [-0.15, -0.1) is 23.7 Å². The second-order valence-electron chi connectivity index (χ2n) is 10.4. The van der Waals surface area contributed by atoms with Crippen molar-refractivity contribution in [1.29, 1.82) is 0 Å². The Morgan fingerprint density at radius 2 is 1.97 bits per heavy atom. The van der Waals surface area contributed by atoms with E-state index < -0.39 is 18.4 Å². The molecule has 1 aliphatic heterocycles. The van der Waals surface area contributed by atoms with Gasteiger partial charge in [-0.1, -0.05) is 0 Å². The van der Waals surface area contributed by atoms with Crippen LogP contribution in [0.2, 0.25) is 0 Å². The number of hydrogen-bond donors (Lipinski definition) is 2. The highest BCUT2D eigenvalue weighted by Crippen LogP contribution is 2.34. The van der Waals surface area contributed by atoms with Gasteiger partial charge in [-0.2, -0.15) is 5.10 Å². The molecule has 2 aliphatic rings. The lowest BCUT2D eigenvalue weighted by Crippen LogP contribution is -2.48. The van der Waals surface area contributed by atoms with Crippen LogP contribution in [0.4, 0.5) is 15.0 Å². The zero-order valence-electron chi connectivity index (χ0n) is 21.6. The van der Waals surface area contributed by atoms with Gasteiger partial charge < -0.3 is 20.3 Å². The van der Waals surface area contributed by atoms with Crippen molar-refractivity contribution in [3.63, 3.8) is 0 Å². The van der Waals surface area contributed by atoms with Gasteiger partial charge in [0, 0.05) is 42.8 Å². The summed E-state index contributed by atoms with van der Waals surface area (Å²) in [5.74, 6) is 1.52. The number of alkyl carbamates (subject to hydrolysis) is 1. The summed E-state index contributed by atoms with van der Waals surface area (Å²) in [4.78, 5) is 37.7. The molecule has 3 aromatic heterocycles. The summed E-state index contributed by atoms with van der Waals surface area (Å²) < 4.78 is 19.9. The fraction of sp³-hybridized carbons (Fsp3) is 0.560. The number of aromatic nitrogens is 4. The number of nitrogens with zero attached hydrogens (tertiary/aromatic N) is 5. The van der Waals surface area contributed by atoms with Crippen LogP contribution in [-0.4, -0.2) is 73.9 Å². The third kappa shape index (κ3) is 6.35. The number of anilines is 1. The number of carbonyl (C=O) groups excluding carboxylic acids is 2. The van der Waals surface area contributed by atoms with Gasteiger partial charge >= 0.3 is 6.09 Å². The molecule has 3 aromatic rings. The third-order valence-electron chi connectivity index (χ3n) is 6.82. The molecule has 1 saturated heterocycles. The molecule has 5 rings (SSSR count). The lowest BCUT2D eigenvalue weighted by Gasteiger charge is -2.33. The number of hydrogen-bond acceptors (Lipinski definition) is 8. The van der Waals surface area contributed by atoms with Crippen molar-refractivity contribution in [2.24, 2.45) is 5.92 Å². The maximum atomic E-state index is 13.5. The summed E-state index contributed by atoms with van der Waals surface area (Å²) in [5, 5.41) is 12.6. The maximum absolute atomic E-state index is 13.5. The molecule has 1 saturated carbocycles. The van der Waals surface area contributed by atoms with Crippen LogP contribution >= 0.6 is 23.7 Å². The van der Waals surface area contributed by atoms with Gasteiger partial charge in [0.2, 0.25) is 0 Å². The summed E-state index contributed by atoms with van der Waals surface area (Å²) >= 11 is 1.54. The minimum absolute atomic E-state index is 0. The summed E-state index contributed by atoms with van der Waals surface area (Å²) in [7, 11) is 0. The normalized spacial score (nSPS) is 17.1. The number of rotatable bonds is 8. The number of halogens is 2. The van der Waals surface area contributed by atoms with E-state index in [9.17, 15) is 14.0 Å². The Bertz CT molecular complexity index is 1290. The van der Waals surface area contributed by atoms with E-state index in [4.69, 9.17) is 9.72 Å². The van der Waals surface area contributed by atoms with Crippen LogP contribution in [-0.2, 0) is 4.74 Å². The predicted molar refractivity (Wildman–Crippen MR) is 146 cm³/mol. The van der Waals surface area contributed by atoms with Gasteiger partial charge in [0.15, 0.2) is 5.82 Å². The molecule has 2 amide bonds. The Labute approximate surface area is 230 Å². The van der Waals surface area contributed by atoms with Gasteiger partial charge in [-0.05, 0) is 52.4 Å². The monoisotopic (exact) mass is 565 g/mol. The van der Waals surface area contributed by atoms with Crippen LogP contribution in [0, 0.1) is 5.92 Å². The maximum Gasteiger partial charge on any atom is 0.407 e. The van der Waals surface area contributed by atoms with Gasteiger partial charge in [-0.3, -0.25) is 4.79 Å². The third-order valence-corrected chi connectivity index (χ3v) is 7.71. The first kappa shape index (κ1) is 28.0. The molecule has 0 unspecified atom stereocenters. The summed E-state index contributed by atoms with van der Waals surface area (Å²) in [6, 6.07) is 1.83. The minimum Gasteiger partial charge on any atom is -0.441 e. The molecule has 0 aromatic carbocycles. The summed E-state index contributed by atoms with van der Waals surface area (Å²) in [6.07, 6.45) is 6.48. The van der Waals surface area contributed by atoms with Crippen molar-refractivity contribution >= 4 is 46.4 Å². The highest BCUT2D eigenvalue weighted by molar-refractivity contribution is 7.16. The molecule has 10 nitrogen and oxygen atoms in total. The number of alkyl halides is 1. The number of piperidine rings is 1. The number of thiazole rings is 1. The number of carbonyl (C=O) groups is 2. The van der Waals surface area contributed by atoms with E-state index in [2.05, 4.69) is 27.6 Å². The molecule has 1 aliphatic carbocycles. The Morgan fingerprint density at radius 1 is 1.24 bits per heavy atom. The summed E-state index contributed by atoms with van der Waals surface area (Å²) in [5.41, 5.74) is -0.0649. The Balaban J connectivity index is 0.00000336. The fourth-order valence-electron chi connectivity index (χ4n) is 4.44. The zero-order chi connectivity index (χ0) is 26.2. The second kappa shape index (κ2) is 11.4. The van der Waals surface area contributed by atoms with Gasteiger partial charge in [0.25, 0.3) is 5.91 Å². The minimum atomic E-state index is -1.17. The molecule has 2 fully saturated rings. The lowest BCUT2D eigenvalue weighted by molar-refractivity contribution is 0.0176. The van der Waals surface area contributed by atoms with E-state index in [0.29, 0.717) is 49.2 Å². The molecule has 4 heterocycles. The molecule has 0 spiro atoms. The Hall–Kier alpha value is -2.99. The van der Waals surface area contributed by atoms with Crippen molar-refractivity contribution in [1.82, 2.24) is 29.8 Å². The molecule has 38 heavy (non-hydrogen) atoms. The van der Waals surface area contributed by atoms with E-state index in [1.807, 2.05) is 11.6 Å². The quantitative estimate of drug-likeness (QED) is 0.411. The molecule has 0 radical (unpaired) electrons.